The van der Waals surface area contributed by atoms with Crippen LogP contribution in [0.25, 0.3) is 0 Å². The number of carbonyl (C=O) groups excluding carboxylic acids is 1. The number of hydrogen-bond acceptors (Lipinski definition) is 6. The number of nitrogens with one attached hydrogen (secondary N) is 2. The van der Waals surface area contributed by atoms with E-state index in [-0.39, 0.29) is 18.3 Å². The van der Waals surface area contributed by atoms with Crippen LogP contribution in [-0.4, -0.2) is 30.0 Å². The number of nitrogens with zero attached hydrogens (tertiary/aromatic N) is 2. The Labute approximate surface area is 156 Å². The predicted molar refractivity (Wildman–Crippen MR) is 99.5 cm³/mol. The van der Waals surface area contributed by atoms with Gasteiger partial charge in [-0.2, -0.15) is 5.26 Å². The van der Waals surface area contributed by atoms with Gasteiger partial charge in [-0.15, -0.1) is 23.7 Å². The molecule has 3 rings (SSSR count). The van der Waals surface area contributed by atoms with Crippen molar-refractivity contribution in [1.82, 2.24) is 15.6 Å². The number of rotatable bonds is 5. The molecule has 1 aliphatic heterocycles. The molecule has 1 fully saturated rings. The molecule has 8 heteroatoms. The minimum Gasteiger partial charge on any atom is -0.344 e. The number of nitrogens with two attached hydrogens (primary N) is 1. The molecule has 1 aliphatic rings. The summed E-state index contributed by atoms with van der Waals surface area (Å²) in [6.45, 7) is 1.32. The maximum absolute atomic E-state index is 12.6. The molecule has 0 spiro atoms. The molecule has 132 valence electrons. The Morgan fingerprint density at radius 3 is 3.00 bits per heavy atom. The molecule has 25 heavy (non-hydrogen) atoms. The van der Waals surface area contributed by atoms with Gasteiger partial charge in [-0.05, 0) is 30.5 Å². The first-order chi connectivity index (χ1) is 11.6. The largest absolute Gasteiger partial charge is 0.344 e. The van der Waals surface area contributed by atoms with Crippen molar-refractivity contribution in [3.8, 4) is 6.07 Å². The fourth-order valence-corrected chi connectivity index (χ4v) is 3.81. The molecule has 3 heterocycles. The van der Waals surface area contributed by atoms with Gasteiger partial charge in [0, 0.05) is 29.6 Å². The van der Waals surface area contributed by atoms with Gasteiger partial charge in [-0.1, -0.05) is 12.1 Å². The Morgan fingerprint density at radius 1 is 1.52 bits per heavy atom. The van der Waals surface area contributed by atoms with Crippen LogP contribution in [0.3, 0.4) is 0 Å². The third kappa shape index (κ3) is 4.17. The van der Waals surface area contributed by atoms with Crippen molar-refractivity contribution >= 4 is 29.7 Å². The molecule has 0 saturated carbocycles. The average molecular weight is 378 g/mol. The molecule has 0 aliphatic carbocycles. The molecular formula is C17H20ClN5OS. The van der Waals surface area contributed by atoms with Crippen LogP contribution in [0, 0.1) is 11.3 Å². The molecule has 0 aromatic carbocycles. The highest BCUT2D eigenvalue weighted by molar-refractivity contribution is 7.09. The van der Waals surface area contributed by atoms with Gasteiger partial charge in [0.1, 0.15) is 11.8 Å². The van der Waals surface area contributed by atoms with Gasteiger partial charge in [0.05, 0.1) is 11.6 Å². The van der Waals surface area contributed by atoms with Crippen LogP contribution in [0.4, 0.5) is 0 Å². The summed E-state index contributed by atoms with van der Waals surface area (Å²) in [6, 6.07) is 9.05. The maximum atomic E-state index is 12.6. The molecule has 0 radical (unpaired) electrons. The summed E-state index contributed by atoms with van der Waals surface area (Å²) in [5, 5.41) is 17.7. The molecule has 1 saturated heterocycles. The highest BCUT2D eigenvalue weighted by Crippen LogP contribution is 2.29. The van der Waals surface area contributed by atoms with Gasteiger partial charge in [-0.3, -0.25) is 4.79 Å². The molecule has 0 unspecified atom stereocenters. The van der Waals surface area contributed by atoms with Crippen LogP contribution in [0.15, 0.2) is 35.8 Å². The molecule has 6 nitrogen and oxygen atoms in total. The second-order valence-corrected chi connectivity index (χ2v) is 6.93. The van der Waals surface area contributed by atoms with Gasteiger partial charge in [-0.25, -0.2) is 4.98 Å². The number of aromatic nitrogens is 1. The topological polar surface area (TPSA) is 104 Å². The van der Waals surface area contributed by atoms with Crippen LogP contribution in [0.5, 0.6) is 0 Å². The number of nitriles is 1. The van der Waals surface area contributed by atoms with Crippen molar-refractivity contribution in [2.75, 3.05) is 13.1 Å². The molecule has 2 aromatic rings. The van der Waals surface area contributed by atoms with Gasteiger partial charge >= 0.3 is 0 Å². The number of hydrogen-bond donors (Lipinski definition) is 3. The van der Waals surface area contributed by atoms with Crippen LogP contribution in [0.1, 0.15) is 22.6 Å². The molecule has 4 N–H and O–H groups in total. The van der Waals surface area contributed by atoms with Crippen molar-refractivity contribution in [3.63, 3.8) is 0 Å². The van der Waals surface area contributed by atoms with E-state index in [9.17, 15) is 10.1 Å². The lowest BCUT2D eigenvalue weighted by molar-refractivity contribution is -0.124. The van der Waals surface area contributed by atoms with Gasteiger partial charge in [0.25, 0.3) is 0 Å². The lowest BCUT2D eigenvalue weighted by Crippen LogP contribution is -2.53. The van der Waals surface area contributed by atoms with Crippen molar-refractivity contribution < 1.29 is 4.79 Å². The summed E-state index contributed by atoms with van der Waals surface area (Å²) in [7, 11) is 0. The van der Waals surface area contributed by atoms with E-state index in [0.717, 1.165) is 17.0 Å². The summed E-state index contributed by atoms with van der Waals surface area (Å²) >= 11 is 1.59. The quantitative estimate of drug-likeness (QED) is 0.728. The number of carbonyl (C=O) groups is 1. The standard InChI is InChI=1S/C17H19N5OS.ClH/c18-10-15-13(4-1-6-21-15)17(5-7-20-11-17)22-16(23)14(19)9-12-3-2-8-24-12;/h1-4,6,8,14,20H,5,7,9,11,19H2,(H,22,23);1H/t14-,17+;/m0./s1. The van der Waals surface area contributed by atoms with Gasteiger partial charge < -0.3 is 16.4 Å². The van der Waals surface area contributed by atoms with Crippen molar-refractivity contribution in [2.45, 2.75) is 24.4 Å². The summed E-state index contributed by atoms with van der Waals surface area (Å²) in [5.41, 5.74) is 6.54. The first-order valence-corrected chi connectivity index (χ1v) is 8.69. The zero-order valence-electron chi connectivity index (χ0n) is 13.6. The van der Waals surface area contributed by atoms with Crippen LogP contribution in [-0.2, 0) is 16.8 Å². The maximum Gasteiger partial charge on any atom is 0.238 e. The molecular weight excluding hydrogens is 358 g/mol. The summed E-state index contributed by atoms with van der Waals surface area (Å²) < 4.78 is 0. The Kier molecular flexibility index (Phi) is 6.51. The molecule has 2 atom stereocenters. The van der Waals surface area contributed by atoms with Crippen molar-refractivity contribution in [1.29, 1.82) is 5.26 Å². The minimum absolute atomic E-state index is 0. The van der Waals surface area contributed by atoms with E-state index in [1.165, 1.54) is 0 Å². The second-order valence-electron chi connectivity index (χ2n) is 5.90. The highest BCUT2D eigenvalue weighted by Gasteiger charge is 2.40. The van der Waals surface area contributed by atoms with E-state index in [0.29, 0.717) is 25.1 Å². The van der Waals surface area contributed by atoms with Crippen LogP contribution >= 0.6 is 23.7 Å². The number of pyridine rings is 1. The number of amides is 1. The summed E-state index contributed by atoms with van der Waals surface area (Å²) in [5.74, 6) is -0.208. The van der Waals surface area contributed by atoms with E-state index in [1.54, 1.807) is 23.6 Å². The summed E-state index contributed by atoms with van der Waals surface area (Å²) in [6.07, 6.45) is 2.79. The third-order valence-electron chi connectivity index (χ3n) is 4.28. The van der Waals surface area contributed by atoms with Crippen molar-refractivity contribution in [2.24, 2.45) is 5.73 Å². The van der Waals surface area contributed by atoms with Crippen LogP contribution in [0.2, 0.25) is 0 Å². The van der Waals surface area contributed by atoms with E-state index < -0.39 is 11.6 Å². The zero-order valence-corrected chi connectivity index (χ0v) is 15.2. The lowest BCUT2D eigenvalue weighted by Gasteiger charge is -2.31. The normalized spacial score (nSPS) is 20.3. The first-order valence-electron chi connectivity index (χ1n) is 7.81. The Hall–Kier alpha value is -1.98. The SMILES string of the molecule is Cl.N#Cc1ncccc1[C@@]1(NC(=O)[C@@H](N)Cc2cccs2)CCNC1. The monoisotopic (exact) mass is 377 g/mol. The summed E-state index contributed by atoms with van der Waals surface area (Å²) in [4.78, 5) is 17.8. The lowest BCUT2D eigenvalue weighted by atomic mass is 9.87. The predicted octanol–water partition coefficient (Wildman–Crippen LogP) is 1.31. The fraction of sp³-hybridized carbons (Fsp3) is 0.353. The average Bonchev–Trinajstić information content (AvgIpc) is 3.27. The van der Waals surface area contributed by atoms with E-state index in [1.807, 2.05) is 23.6 Å². The smallest absolute Gasteiger partial charge is 0.238 e. The van der Waals surface area contributed by atoms with Crippen LogP contribution < -0.4 is 16.4 Å². The van der Waals surface area contributed by atoms with Gasteiger partial charge in [0.15, 0.2) is 0 Å². The minimum atomic E-state index is -0.635. The Morgan fingerprint density at radius 2 is 2.36 bits per heavy atom. The molecule has 0 bridgehead atoms. The van der Waals surface area contributed by atoms with Crippen molar-refractivity contribution in [3.05, 3.63) is 52.0 Å². The Bertz CT molecular complexity index is 753. The molecule has 2 aromatic heterocycles. The van der Waals surface area contributed by atoms with E-state index in [2.05, 4.69) is 21.7 Å². The third-order valence-corrected chi connectivity index (χ3v) is 5.18. The number of halogens is 1. The Balaban J connectivity index is 0.00000225. The zero-order chi connectivity index (χ0) is 17.0. The van der Waals surface area contributed by atoms with Gasteiger partial charge in [0.2, 0.25) is 5.91 Å². The molecule has 1 amide bonds. The second kappa shape index (κ2) is 8.41. The van der Waals surface area contributed by atoms with E-state index in [4.69, 9.17) is 5.73 Å². The highest BCUT2D eigenvalue weighted by atomic mass is 35.5. The fourth-order valence-electron chi connectivity index (χ4n) is 3.04. The van der Waals surface area contributed by atoms with E-state index >= 15 is 0 Å². The number of thiophene rings is 1. The first kappa shape index (κ1) is 19.3.